The number of benzene rings is 3. The van der Waals surface area contributed by atoms with E-state index in [9.17, 15) is 9.18 Å². The number of nitrogens with zero attached hydrogens (tertiary/aromatic N) is 1. The van der Waals surface area contributed by atoms with Crippen LogP contribution in [-0.2, 0) is 0 Å². The van der Waals surface area contributed by atoms with Crippen LogP contribution in [0.5, 0.6) is 11.5 Å². The lowest BCUT2D eigenvalue weighted by atomic mass is 10.0. The fourth-order valence-corrected chi connectivity index (χ4v) is 3.43. The van der Waals surface area contributed by atoms with Gasteiger partial charge in [0.1, 0.15) is 12.0 Å². The molecule has 1 N–H and O–H groups in total. The molecule has 5 nitrogen and oxygen atoms in total. The summed E-state index contributed by atoms with van der Waals surface area (Å²) in [6.07, 6.45) is -0.478. The molecule has 2 aliphatic heterocycles. The Morgan fingerprint density at radius 2 is 1.74 bits per heavy atom. The quantitative estimate of drug-likeness (QED) is 0.737. The monoisotopic (exact) mass is 362 g/mol. The van der Waals surface area contributed by atoms with Crippen LogP contribution in [0, 0.1) is 5.82 Å². The molecular weight excluding hydrogens is 347 g/mol. The van der Waals surface area contributed by atoms with Gasteiger partial charge in [-0.1, -0.05) is 24.3 Å². The number of carbonyl (C=O) groups excluding carboxylic acids is 1. The summed E-state index contributed by atoms with van der Waals surface area (Å²) in [6, 6.07) is 18.9. The van der Waals surface area contributed by atoms with E-state index >= 15 is 0 Å². The molecule has 1 amide bonds. The Bertz CT molecular complexity index is 1040. The molecule has 5 rings (SSSR count). The number of nitrogens with one attached hydrogen (secondary N) is 1. The second-order valence-electron chi connectivity index (χ2n) is 6.36. The van der Waals surface area contributed by atoms with Gasteiger partial charge in [0.25, 0.3) is 5.91 Å². The van der Waals surface area contributed by atoms with Gasteiger partial charge in [-0.3, -0.25) is 9.69 Å². The van der Waals surface area contributed by atoms with Crippen molar-refractivity contribution in [3.63, 3.8) is 0 Å². The second kappa shape index (κ2) is 6.02. The lowest BCUT2D eigenvalue weighted by molar-refractivity contribution is 0.0975. The summed E-state index contributed by atoms with van der Waals surface area (Å²) in [5.74, 6) is 0.778. The van der Waals surface area contributed by atoms with E-state index in [1.807, 2.05) is 24.3 Å². The van der Waals surface area contributed by atoms with Crippen molar-refractivity contribution in [1.29, 1.82) is 0 Å². The minimum absolute atomic E-state index is 0.141. The van der Waals surface area contributed by atoms with Crippen LogP contribution in [0.1, 0.15) is 22.1 Å². The molecule has 134 valence electrons. The summed E-state index contributed by atoms with van der Waals surface area (Å²) in [5, 5.41) is 3.39. The molecule has 6 heteroatoms. The molecule has 0 unspecified atom stereocenters. The summed E-state index contributed by atoms with van der Waals surface area (Å²) in [4.78, 5) is 15.0. The van der Waals surface area contributed by atoms with Crippen molar-refractivity contribution in [2.45, 2.75) is 6.17 Å². The maximum Gasteiger partial charge on any atom is 0.262 e. The second-order valence-corrected chi connectivity index (χ2v) is 6.36. The predicted octanol–water partition coefficient (Wildman–Crippen LogP) is 4.33. The van der Waals surface area contributed by atoms with E-state index in [0.29, 0.717) is 22.7 Å². The number of hydrogen-bond acceptors (Lipinski definition) is 4. The third kappa shape index (κ3) is 2.57. The maximum atomic E-state index is 13.4. The van der Waals surface area contributed by atoms with Gasteiger partial charge in [0, 0.05) is 11.8 Å². The topological polar surface area (TPSA) is 50.8 Å². The predicted molar refractivity (Wildman–Crippen MR) is 98.6 cm³/mol. The van der Waals surface area contributed by atoms with Crippen LogP contribution < -0.4 is 19.7 Å². The molecule has 2 aliphatic rings. The Labute approximate surface area is 154 Å². The molecule has 3 aromatic rings. The van der Waals surface area contributed by atoms with Crippen LogP contribution in [0.4, 0.5) is 15.8 Å². The lowest BCUT2D eigenvalue weighted by Crippen LogP contribution is -2.43. The Morgan fingerprint density at radius 3 is 2.59 bits per heavy atom. The van der Waals surface area contributed by atoms with Gasteiger partial charge in [-0.15, -0.1) is 0 Å². The van der Waals surface area contributed by atoms with Crippen LogP contribution in [-0.4, -0.2) is 12.7 Å². The average Bonchev–Trinajstić information content (AvgIpc) is 3.16. The fraction of sp³-hybridized carbons (Fsp3) is 0.0952. The highest BCUT2D eigenvalue weighted by molar-refractivity contribution is 6.12. The smallest absolute Gasteiger partial charge is 0.262 e. The summed E-state index contributed by atoms with van der Waals surface area (Å²) < 4.78 is 24.2. The molecule has 0 bridgehead atoms. The van der Waals surface area contributed by atoms with E-state index < -0.39 is 6.17 Å². The highest BCUT2D eigenvalue weighted by atomic mass is 19.1. The van der Waals surface area contributed by atoms with Crippen LogP contribution in [0.3, 0.4) is 0 Å². The minimum Gasteiger partial charge on any atom is -0.454 e. The number of para-hydroxylation sites is 1. The van der Waals surface area contributed by atoms with Crippen molar-refractivity contribution in [2.75, 3.05) is 17.0 Å². The standard InChI is InChI=1S/C21H15FN2O3/c22-14-7-5-13(6-8-14)20-23-17-4-2-1-3-16(17)21(25)24(20)15-9-10-18-19(11-15)27-12-26-18/h1-11,20,23H,12H2/t20-/m0/s1. The highest BCUT2D eigenvalue weighted by Gasteiger charge is 2.34. The van der Waals surface area contributed by atoms with E-state index in [1.54, 1.807) is 35.2 Å². The first-order chi connectivity index (χ1) is 13.2. The number of ether oxygens (including phenoxy) is 2. The molecule has 27 heavy (non-hydrogen) atoms. The minimum atomic E-state index is -0.478. The molecule has 3 aromatic carbocycles. The molecule has 0 fully saturated rings. The molecule has 0 aromatic heterocycles. The van der Waals surface area contributed by atoms with Crippen LogP contribution in [0.15, 0.2) is 66.7 Å². The number of carbonyl (C=O) groups is 1. The van der Waals surface area contributed by atoms with E-state index in [-0.39, 0.29) is 18.5 Å². The molecular formula is C21H15FN2O3. The van der Waals surface area contributed by atoms with Gasteiger partial charge in [0.15, 0.2) is 11.5 Å². The zero-order chi connectivity index (χ0) is 18.4. The van der Waals surface area contributed by atoms with Crippen molar-refractivity contribution in [2.24, 2.45) is 0 Å². The van der Waals surface area contributed by atoms with Crippen LogP contribution >= 0.6 is 0 Å². The summed E-state index contributed by atoms with van der Waals surface area (Å²) in [6.45, 7) is 0.162. The van der Waals surface area contributed by atoms with Crippen molar-refractivity contribution < 1.29 is 18.7 Å². The normalized spacial score (nSPS) is 17.4. The number of amides is 1. The van der Waals surface area contributed by atoms with Gasteiger partial charge < -0.3 is 14.8 Å². The molecule has 0 spiro atoms. The Morgan fingerprint density at radius 1 is 0.963 bits per heavy atom. The maximum absolute atomic E-state index is 13.4. The number of fused-ring (bicyclic) bond motifs is 2. The van der Waals surface area contributed by atoms with Crippen LogP contribution in [0.25, 0.3) is 0 Å². The summed E-state index contributed by atoms with van der Waals surface area (Å²) >= 11 is 0. The van der Waals surface area contributed by atoms with Crippen LogP contribution in [0.2, 0.25) is 0 Å². The Hall–Kier alpha value is -3.54. The molecule has 0 saturated carbocycles. The number of halogens is 1. The third-order valence-electron chi connectivity index (χ3n) is 4.75. The van der Waals surface area contributed by atoms with Gasteiger partial charge in [-0.2, -0.15) is 0 Å². The summed E-state index contributed by atoms with van der Waals surface area (Å²) in [5.41, 5.74) is 2.76. The van der Waals surface area contributed by atoms with Gasteiger partial charge in [0.2, 0.25) is 6.79 Å². The molecule has 0 radical (unpaired) electrons. The van der Waals surface area contributed by atoms with E-state index in [2.05, 4.69) is 5.32 Å². The molecule has 2 heterocycles. The van der Waals surface area contributed by atoms with E-state index in [1.165, 1.54) is 12.1 Å². The number of hydrogen-bond donors (Lipinski definition) is 1. The van der Waals surface area contributed by atoms with Crippen molar-refractivity contribution >= 4 is 17.3 Å². The summed E-state index contributed by atoms with van der Waals surface area (Å²) in [7, 11) is 0. The van der Waals surface area contributed by atoms with Crippen molar-refractivity contribution in [3.05, 3.63) is 83.7 Å². The zero-order valence-corrected chi connectivity index (χ0v) is 14.2. The number of rotatable bonds is 2. The van der Waals surface area contributed by atoms with E-state index in [0.717, 1.165) is 11.3 Å². The zero-order valence-electron chi connectivity index (χ0n) is 14.2. The molecule has 0 saturated heterocycles. The van der Waals surface area contributed by atoms with E-state index in [4.69, 9.17) is 9.47 Å². The van der Waals surface area contributed by atoms with Gasteiger partial charge >= 0.3 is 0 Å². The number of anilines is 2. The lowest BCUT2D eigenvalue weighted by Gasteiger charge is -2.38. The SMILES string of the molecule is O=C1c2ccccc2N[C@H](c2ccc(F)cc2)N1c1ccc2c(c1)OCO2. The van der Waals surface area contributed by atoms with Gasteiger partial charge in [-0.05, 0) is 42.0 Å². The first kappa shape index (κ1) is 15.7. The Balaban J connectivity index is 1.64. The van der Waals surface area contributed by atoms with Crippen molar-refractivity contribution in [1.82, 2.24) is 0 Å². The first-order valence-corrected chi connectivity index (χ1v) is 8.55. The van der Waals surface area contributed by atoms with Gasteiger partial charge in [0.05, 0.1) is 11.3 Å². The average molecular weight is 362 g/mol. The molecule has 1 atom stereocenters. The highest BCUT2D eigenvalue weighted by Crippen LogP contribution is 2.41. The fourth-order valence-electron chi connectivity index (χ4n) is 3.43. The molecule has 0 aliphatic carbocycles. The largest absolute Gasteiger partial charge is 0.454 e. The van der Waals surface area contributed by atoms with Gasteiger partial charge in [-0.25, -0.2) is 4.39 Å². The Kier molecular flexibility index (Phi) is 3.50. The first-order valence-electron chi connectivity index (χ1n) is 8.55. The van der Waals surface area contributed by atoms with Crippen molar-refractivity contribution in [3.8, 4) is 11.5 Å². The third-order valence-corrected chi connectivity index (χ3v) is 4.75.